The average Bonchev–Trinajstić information content (AvgIpc) is 2.95. The molecule has 3 atom stereocenters. The van der Waals surface area contributed by atoms with E-state index in [1.165, 1.54) is 25.7 Å². The van der Waals surface area contributed by atoms with Crippen LogP contribution in [0.2, 0.25) is 0 Å². The second-order valence-corrected chi connectivity index (χ2v) is 10.2. The van der Waals surface area contributed by atoms with Crippen molar-refractivity contribution in [2.75, 3.05) is 0 Å². The van der Waals surface area contributed by atoms with E-state index in [9.17, 15) is 0 Å². The van der Waals surface area contributed by atoms with Crippen molar-refractivity contribution in [3.8, 4) is 0 Å². The normalized spacial score (nSPS) is 39.4. The summed E-state index contributed by atoms with van der Waals surface area (Å²) in [5.41, 5.74) is 4.78. The Labute approximate surface area is 139 Å². The zero-order valence-corrected chi connectivity index (χ0v) is 15.6. The number of rotatable bonds is 1. The van der Waals surface area contributed by atoms with Crippen LogP contribution in [0.5, 0.6) is 0 Å². The Balaban J connectivity index is 1.87. The van der Waals surface area contributed by atoms with Crippen LogP contribution in [0, 0.1) is 22.2 Å². The summed E-state index contributed by atoms with van der Waals surface area (Å²) in [5.74, 6) is 0.906. The van der Waals surface area contributed by atoms with E-state index in [0.717, 1.165) is 11.2 Å². The van der Waals surface area contributed by atoms with Gasteiger partial charge in [-0.15, -0.1) is 0 Å². The summed E-state index contributed by atoms with van der Waals surface area (Å²) in [6, 6.07) is 9.21. The Morgan fingerprint density at radius 3 is 2.25 bits per heavy atom. The molecule has 0 amide bonds. The van der Waals surface area contributed by atoms with Gasteiger partial charge in [-0.25, -0.2) is 0 Å². The van der Waals surface area contributed by atoms with Crippen molar-refractivity contribution >= 4 is 30.1 Å². The molecule has 0 heterocycles. The highest BCUT2D eigenvalue weighted by Crippen LogP contribution is 2.78. The summed E-state index contributed by atoms with van der Waals surface area (Å²) in [5, 5.41) is 0.837. The topological polar surface area (TPSA) is 0 Å². The summed E-state index contributed by atoms with van der Waals surface area (Å²) in [7, 11) is 2.13. The number of hydrogen-bond donors (Lipinski definition) is 0. The number of benzene rings is 1. The third-order valence-corrected chi connectivity index (χ3v) is 10.2. The second kappa shape index (κ2) is 4.18. The van der Waals surface area contributed by atoms with Crippen molar-refractivity contribution in [1.82, 2.24) is 0 Å². The van der Waals surface area contributed by atoms with Gasteiger partial charge in [0.1, 0.15) is 0 Å². The molecular weight excluding hydrogens is 375 g/mol. The van der Waals surface area contributed by atoms with Crippen molar-refractivity contribution < 1.29 is 0 Å². The largest absolute Gasteiger partial charge is 0.0850 e. The zero-order valence-electron chi connectivity index (χ0n) is 12.6. The highest BCUT2D eigenvalue weighted by atomic mass is 127. The Morgan fingerprint density at radius 1 is 1.10 bits per heavy atom. The molecule has 1 aromatic rings. The van der Waals surface area contributed by atoms with Crippen LogP contribution in [0.25, 0.3) is 0 Å². The third kappa shape index (κ3) is 1.37. The van der Waals surface area contributed by atoms with E-state index < -0.39 is 0 Å². The van der Waals surface area contributed by atoms with Crippen LogP contribution < -0.4 is 0 Å². The molecule has 1 aromatic carbocycles. The maximum absolute atomic E-state index is 2.62. The van der Waals surface area contributed by atoms with E-state index >= 15 is 0 Å². The van der Waals surface area contributed by atoms with E-state index in [2.05, 4.69) is 75.2 Å². The van der Waals surface area contributed by atoms with Crippen LogP contribution in [0.15, 0.2) is 24.3 Å². The Hall–Kier alpha value is 0.300. The first kappa shape index (κ1) is 13.9. The SMILES string of the molecule is CC1(C)C2CCC1(C)C1(Cc3ccccc3C1)C2SI. The number of halogens is 1. The fourth-order valence-electron chi connectivity index (χ4n) is 6.04. The van der Waals surface area contributed by atoms with Gasteiger partial charge in [0.25, 0.3) is 0 Å². The zero-order chi connectivity index (χ0) is 14.2. The quantitative estimate of drug-likeness (QED) is 0.549. The minimum absolute atomic E-state index is 0.498. The number of hydrogen-bond acceptors (Lipinski definition) is 1. The molecule has 3 aliphatic carbocycles. The van der Waals surface area contributed by atoms with Gasteiger partial charge in [-0.05, 0) is 80.2 Å². The minimum atomic E-state index is 0.498. The molecule has 108 valence electrons. The molecule has 0 radical (unpaired) electrons. The predicted octanol–water partition coefficient (Wildman–Crippen LogP) is 5.68. The smallest absolute Gasteiger partial charge is 0.0249 e. The molecule has 0 N–H and O–H groups in total. The molecule has 20 heavy (non-hydrogen) atoms. The van der Waals surface area contributed by atoms with Gasteiger partial charge in [-0.1, -0.05) is 54.0 Å². The lowest BCUT2D eigenvalue weighted by molar-refractivity contribution is 0.0247. The van der Waals surface area contributed by atoms with Crippen LogP contribution in [0.4, 0.5) is 0 Å². The first-order chi connectivity index (χ1) is 9.46. The van der Waals surface area contributed by atoms with E-state index in [4.69, 9.17) is 0 Å². The van der Waals surface area contributed by atoms with Gasteiger partial charge in [0.05, 0.1) is 0 Å². The standard InChI is InChI=1S/C18H23IS/c1-16(2)14-8-9-17(16,3)18(15(14)20-19)10-12-6-4-5-7-13(12)11-18/h4-7,14-15H,8-11H2,1-3H3. The molecule has 0 saturated heterocycles. The Bertz CT molecular complexity index is 539. The maximum Gasteiger partial charge on any atom is 0.0249 e. The van der Waals surface area contributed by atoms with Gasteiger partial charge < -0.3 is 0 Å². The van der Waals surface area contributed by atoms with E-state index in [-0.39, 0.29) is 0 Å². The molecule has 3 unspecified atom stereocenters. The van der Waals surface area contributed by atoms with Gasteiger partial charge in [0.15, 0.2) is 0 Å². The van der Waals surface area contributed by atoms with Crippen molar-refractivity contribution in [2.24, 2.45) is 22.2 Å². The van der Waals surface area contributed by atoms with Crippen LogP contribution in [-0.4, -0.2) is 5.25 Å². The minimum Gasteiger partial charge on any atom is -0.0850 e. The molecule has 2 heteroatoms. The summed E-state index contributed by atoms with van der Waals surface area (Å²) in [6.45, 7) is 7.73. The molecule has 2 fully saturated rings. The van der Waals surface area contributed by atoms with Crippen molar-refractivity contribution in [1.29, 1.82) is 0 Å². The highest BCUT2D eigenvalue weighted by Gasteiger charge is 2.73. The maximum atomic E-state index is 2.62. The van der Waals surface area contributed by atoms with Crippen molar-refractivity contribution in [2.45, 2.75) is 51.7 Å². The molecule has 2 bridgehead atoms. The molecule has 0 aliphatic heterocycles. The second-order valence-electron chi connectivity index (χ2n) is 7.99. The molecule has 0 nitrogen and oxygen atoms in total. The Kier molecular flexibility index (Phi) is 2.91. The fourth-order valence-corrected chi connectivity index (χ4v) is 9.76. The highest BCUT2D eigenvalue weighted by molar-refractivity contribution is 14.2. The molecule has 0 aromatic heterocycles. The van der Waals surface area contributed by atoms with E-state index in [1.807, 2.05) is 0 Å². The lowest BCUT2D eigenvalue weighted by atomic mass is 9.57. The summed E-state index contributed by atoms with van der Waals surface area (Å²) in [6.07, 6.45) is 5.52. The lowest BCUT2D eigenvalue weighted by Crippen LogP contribution is -2.46. The third-order valence-electron chi connectivity index (χ3n) is 7.54. The number of fused-ring (bicyclic) bond motifs is 4. The fraction of sp³-hybridized carbons (Fsp3) is 0.667. The van der Waals surface area contributed by atoms with Gasteiger partial charge in [-0.3, -0.25) is 0 Å². The first-order valence-electron chi connectivity index (χ1n) is 7.80. The van der Waals surface area contributed by atoms with E-state index in [1.54, 1.807) is 11.1 Å². The first-order valence-corrected chi connectivity index (χ1v) is 11.2. The Morgan fingerprint density at radius 2 is 1.70 bits per heavy atom. The molecule has 4 rings (SSSR count). The van der Waals surface area contributed by atoms with Crippen LogP contribution in [0.1, 0.15) is 44.7 Å². The molecule has 2 saturated carbocycles. The van der Waals surface area contributed by atoms with Gasteiger partial charge in [-0.2, -0.15) is 0 Å². The molecule has 3 aliphatic rings. The van der Waals surface area contributed by atoms with Gasteiger partial charge in [0.2, 0.25) is 0 Å². The van der Waals surface area contributed by atoms with Gasteiger partial charge >= 0.3 is 0 Å². The summed E-state index contributed by atoms with van der Waals surface area (Å²) in [4.78, 5) is 0. The van der Waals surface area contributed by atoms with Crippen molar-refractivity contribution in [3.05, 3.63) is 35.4 Å². The van der Waals surface area contributed by atoms with Crippen LogP contribution in [-0.2, 0) is 12.8 Å². The lowest BCUT2D eigenvalue weighted by Gasteiger charge is -2.49. The molecular formula is C18H23IS. The van der Waals surface area contributed by atoms with Crippen LogP contribution >= 0.6 is 30.1 Å². The van der Waals surface area contributed by atoms with Gasteiger partial charge in [0, 0.05) is 5.25 Å². The van der Waals surface area contributed by atoms with E-state index in [0.29, 0.717) is 16.2 Å². The molecule has 1 spiro atoms. The van der Waals surface area contributed by atoms with Crippen LogP contribution in [0.3, 0.4) is 0 Å². The summed E-state index contributed by atoms with van der Waals surface area (Å²) < 4.78 is 0. The average molecular weight is 398 g/mol. The predicted molar refractivity (Wildman–Crippen MR) is 96.3 cm³/mol. The monoisotopic (exact) mass is 398 g/mol. The van der Waals surface area contributed by atoms with Crippen molar-refractivity contribution in [3.63, 3.8) is 0 Å². The summed E-state index contributed by atoms with van der Waals surface area (Å²) >= 11 is 2.59.